The Balaban J connectivity index is 2.33. The highest BCUT2D eigenvalue weighted by Crippen LogP contribution is 2.58. The van der Waals surface area contributed by atoms with E-state index in [0.717, 1.165) is 5.92 Å². The third-order valence-corrected chi connectivity index (χ3v) is 3.50. The third kappa shape index (κ3) is 1.32. The van der Waals surface area contributed by atoms with Crippen LogP contribution in [0.1, 0.15) is 40.0 Å². The van der Waals surface area contributed by atoms with Crippen LogP contribution >= 0.6 is 11.6 Å². The summed E-state index contributed by atoms with van der Waals surface area (Å²) < 4.78 is 0. The molecule has 10 heavy (non-hydrogen) atoms. The van der Waals surface area contributed by atoms with E-state index in [2.05, 4.69) is 20.8 Å². The van der Waals surface area contributed by atoms with Gasteiger partial charge in [-0.1, -0.05) is 26.7 Å². The molecule has 0 spiro atoms. The van der Waals surface area contributed by atoms with Gasteiger partial charge in [-0.3, -0.25) is 0 Å². The molecular weight excluding hydrogens is 144 g/mol. The number of hydrogen-bond acceptors (Lipinski definition) is 0. The van der Waals surface area contributed by atoms with Gasteiger partial charge in [-0.2, -0.15) is 0 Å². The Morgan fingerprint density at radius 1 is 1.70 bits per heavy atom. The fraction of sp³-hybridized carbons (Fsp3) is 1.00. The van der Waals surface area contributed by atoms with E-state index in [0.29, 0.717) is 10.8 Å². The Kier molecular flexibility index (Phi) is 2.29. The van der Waals surface area contributed by atoms with Gasteiger partial charge in [0.05, 0.1) is 0 Å². The first-order valence-electron chi connectivity index (χ1n) is 4.25. The minimum Gasteiger partial charge on any atom is -0.123 e. The van der Waals surface area contributed by atoms with E-state index in [1.807, 2.05) is 0 Å². The molecule has 0 aliphatic heterocycles. The van der Waals surface area contributed by atoms with Crippen LogP contribution in [0.4, 0.5) is 0 Å². The van der Waals surface area contributed by atoms with Crippen molar-refractivity contribution in [3.05, 3.63) is 0 Å². The Morgan fingerprint density at radius 3 is 2.60 bits per heavy atom. The molecule has 60 valence electrons. The Labute approximate surface area is 69.0 Å². The summed E-state index contributed by atoms with van der Waals surface area (Å²) in [6.45, 7) is 6.68. The first-order valence-corrected chi connectivity index (χ1v) is 4.69. The highest BCUT2D eigenvalue weighted by Gasteiger charge is 2.51. The second-order valence-corrected chi connectivity index (χ2v) is 4.47. The molecule has 1 aliphatic rings. The fourth-order valence-corrected chi connectivity index (χ4v) is 2.01. The average molecular weight is 161 g/mol. The maximum atomic E-state index is 6.05. The Bertz CT molecular complexity index is 120. The molecule has 1 rings (SSSR count). The van der Waals surface area contributed by atoms with Crippen molar-refractivity contribution in [2.75, 3.05) is 0 Å². The quantitative estimate of drug-likeness (QED) is 0.555. The molecule has 3 atom stereocenters. The zero-order valence-corrected chi connectivity index (χ0v) is 7.91. The molecule has 1 unspecified atom stereocenters. The summed E-state index contributed by atoms with van der Waals surface area (Å²) in [5.74, 6) is 0.921. The van der Waals surface area contributed by atoms with Gasteiger partial charge in [-0.25, -0.2) is 0 Å². The molecule has 0 heterocycles. The summed E-state index contributed by atoms with van der Waals surface area (Å²) in [7, 11) is 0. The van der Waals surface area contributed by atoms with Crippen LogP contribution in [-0.2, 0) is 0 Å². The Hall–Kier alpha value is 0.290. The highest BCUT2D eigenvalue weighted by molar-refractivity contribution is 6.21. The molecule has 1 aliphatic carbocycles. The zero-order valence-electron chi connectivity index (χ0n) is 7.15. The van der Waals surface area contributed by atoms with Crippen molar-refractivity contribution in [2.24, 2.45) is 11.3 Å². The first kappa shape index (κ1) is 8.39. The SMILES string of the molecule is CCC[C@@H]1C[C@]1(C)C(C)Cl. The normalized spacial score (nSPS) is 41.4. The van der Waals surface area contributed by atoms with Gasteiger partial charge in [0.1, 0.15) is 0 Å². The van der Waals surface area contributed by atoms with Crippen LogP contribution < -0.4 is 0 Å². The largest absolute Gasteiger partial charge is 0.123 e. The fourth-order valence-electron chi connectivity index (χ4n) is 1.74. The summed E-state index contributed by atoms with van der Waals surface area (Å²) in [5, 5.41) is 0.365. The zero-order chi connectivity index (χ0) is 7.78. The van der Waals surface area contributed by atoms with Gasteiger partial charge in [0.2, 0.25) is 0 Å². The molecule has 0 saturated heterocycles. The van der Waals surface area contributed by atoms with Crippen LogP contribution in [0, 0.1) is 11.3 Å². The monoisotopic (exact) mass is 160 g/mol. The van der Waals surface area contributed by atoms with Crippen molar-refractivity contribution >= 4 is 11.6 Å². The minimum absolute atomic E-state index is 0.365. The molecule has 0 bridgehead atoms. The van der Waals surface area contributed by atoms with Crippen molar-refractivity contribution < 1.29 is 0 Å². The molecule has 0 radical (unpaired) electrons. The highest BCUT2D eigenvalue weighted by atomic mass is 35.5. The van der Waals surface area contributed by atoms with Gasteiger partial charge >= 0.3 is 0 Å². The second kappa shape index (κ2) is 2.73. The smallest absolute Gasteiger partial charge is 0.0364 e. The van der Waals surface area contributed by atoms with Gasteiger partial charge in [0.15, 0.2) is 0 Å². The lowest BCUT2D eigenvalue weighted by Gasteiger charge is -2.12. The van der Waals surface area contributed by atoms with Crippen molar-refractivity contribution in [3.8, 4) is 0 Å². The molecule has 0 aromatic carbocycles. The summed E-state index contributed by atoms with van der Waals surface area (Å²) >= 11 is 6.05. The van der Waals surface area contributed by atoms with Crippen molar-refractivity contribution in [1.29, 1.82) is 0 Å². The van der Waals surface area contributed by atoms with Gasteiger partial charge in [0.25, 0.3) is 0 Å². The van der Waals surface area contributed by atoms with E-state index in [9.17, 15) is 0 Å². The van der Waals surface area contributed by atoms with Crippen LogP contribution in [0.2, 0.25) is 0 Å². The van der Waals surface area contributed by atoms with Crippen molar-refractivity contribution in [2.45, 2.75) is 45.4 Å². The van der Waals surface area contributed by atoms with E-state index in [-0.39, 0.29) is 0 Å². The topological polar surface area (TPSA) is 0 Å². The molecule has 1 fully saturated rings. The molecule has 0 N–H and O–H groups in total. The summed E-state index contributed by atoms with van der Waals surface area (Å²) in [4.78, 5) is 0. The minimum atomic E-state index is 0.365. The van der Waals surface area contributed by atoms with Crippen LogP contribution in [0.5, 0.6) is 0 Å². The predicted molar refractivity (Wildman–Crippen MR) is 46.4 cm³/mol. The summed E-state index contributed by atoms with van der Waals surface area (Å²) in [6, 6.07) is 0. The maximum Gasteiger partial charge on any atom is 0.0364 e. The molecule has 0 aromatic rings. The summed E-state index contributed by atoms with van der Waals surface area (Å²) in [6.07, 6.45) is 4.03. The molecule has 0 nitrogen and oxygen atoms in total. The van der Waals surface area contributed by atoms with E-state index < -0.39 is 0 Å². The van der Waals surface area contributed by atoms with Crippen LogP contribution in [0.15, 0.2) is 0 Å². The number of rotatable bonds is 3. The van der Waals surface area contributed by atoms with Gasteiger partial charge in [0, 0.05) is 5.38 Å². The molecule has 1 saturated carbocycles. The van der Waals surface area contributed by atoms with Gasteiger partial charge in [-0.15, -0.1) is 11.6 Å². The maximum absolute atomic E-state index is 6.05. The number of alkyl halides is 1. The van der Waals surface area contributed by atoms with E-state index in [1.54, 1.807) is 0 Å². The molecular formula is C9H17Cl. The first-order chi connectivity index (χ1) is 4.61. The van der Waals surface area contributed by atoms with Crippen molar-refractivity contribution in [3.63, 3.8) is 0 Å². The number of halogens is 1. The molecule has 1 heteroatoms. The predicted octanol–water partition coefficient (Wildman–Crippen LogP) is 3.44. The average Bonchev–Trinajstić information content (AvgIpc) is 2.45. The van der Waals surface area contributed by atoms with Crippen LogP contribution in [0.3, 0.4) is 0 Å². The molecule has 0 amide bonds. The Morgan fingerprint density at radius 2 is 2.30 bits per heavy atom. The lowest BCUT2D eigenvalue weighted by Crippen LogP contribution is -2.10. The second-order valence-electron chi connectivity index (χ2n) is 3.81. The van der Waals surface area contributed by atoms with E-state index in [1.165, 1.54) is 19.3 Å². The van der Waals surface area contributed by atoms with Crippen molar-refractivity contribution in [1.82, 2.24) is 0 Å². The summed E-state index contributed by atoms with van der Waals surface area (Å²) in [5.41, 5.74) is 0.484. The van der Waals surface area contributed by atoms with Crippen LogP contribution in [0.25, 0.3) is 0 Å². The molecule has 0 aromatic heterocycles. The van der Waals surface area contributed by atoms with Crippen LogP contribution in [-0.4, -0.2) is 5.38 Å². The van der Waals surface area contributed by atoms with E-state index in [4.69, 9.17) is 11.6 Å². The number of hydrogen-bond donors (Lipinski definition) is 0. The lowest BCUT2D eigenvalue weighted by atomic mass is 10.0. The van der Waals surface area contributed by atoms with Gasteiger partial charge < -0.3 is 0 Å². The van der Waals surface area contributed by atoms with E-state index >= 15 is 0 Å². The third-order valence-electron chi connectivity index (χ3n) is 3.00. The standard InChI is InChI=1S/C9H17Cl/c1-4-5-8-6-9(8,3)7(2)10/h7-8H,4-6H2,1-3H3/t7?,8-,9-/m1/s1. The lowest BCUT2D eigenvalue weighted by molar-refractivity contribution is 0.472. The van der Waals surface area contributed by atoms with Gasteiger partial charge in [-0.05, 0) is 24.7 Å².